The zero-order chi connectivity index (χ0) is 10.2. The number of aliphatic hydroxyl groups excluding tert-OH is 1. The van der Waals surface area contributed by atoms with Crippen molar-refractivity contribution in [1.82, 2.24) is 0 Å². The van der Waals surface area contributed by atoms with E-state index in [0.717, 1.165) is 0 Å². The van der Waals surface area contributed by atoms with Crippen LogP contribution < -0.4 is 0 Å². The summed E-state index contributed by atoms with van der Waals surface area (Å²) in [6.45, 7) is 1.92. The van der Waals surface area contributed by atoms with Gasteiger partial charge < -0.3 is 10.2 Å². The topological polar surface area (TPSA) is 40.5 Å². The molecule has 0 rings (SSSR count). The third-order valence-electron chi connectivity index (χ3n) is 0.896. The number of hydrogen-bond acceptors (Lipinski definition) is 6. The first-order valence-corrected chi connectivity index (χ1v) is 5.48. The molecule has 0 aromatic carbocycles. The van der Waals surface area contributed by atoms with E-state index in [1.165, 1.54) is 0 Å². The third-order valence-corrected chi connectivity index (χ3v) is 2.60. The maximum Gasteiger partial charge on any atom is 0.151 e. The second-order valence-corrected chi connectivity index (χ2v) is 5.07. The highest BCUT2D eigenvalue weighted by Gasteiger charge is 2.08. The van der Waals surface area contributed by atoms with E-state index < -0.39 is 4.27 Å². The van der Waals surface area contributed by atoms with Gasteiger partial charge in [0, 0.05) is 11.0 Å². The predicted octanol–water partition coefficient (Wildman–Crippen LogP) is 1.11. The molecule has 0 radical (unpaired) electrons. The number of thiol groups is 4. The van der Waals surface area contributed by atoms with E-state index in [1.54, 1.807) is 6.92 Å². The Labute approximate surface area is 95.8 Å². The molecule has 0 aliphatic carbocycles. The monoisotopic (exact) mass is 248 g/mol. The van der Waals surface area contributed by atoms with E-state index in [4.69, 9.17) is 10.2 Å². The van der Waals surface area contributed by atoms with E-state index in [9.17, 15) is 0 Å². The smallest absolute Gasteiger partial charge is 0.151 e. The highest BCUT2D eigenvalue weighted by molar-refractivity contribution is 8.00. The lowest BCUT2D eigenvalue weighted by molar-refractivity contribution is 0.231. The van der Waals surface area contributed by atoms with Crippen molar-refractivity contribution in [2.45, 2.75) is 22.9 Å². The molecule has 6 heteroatoms. The predicted molar refractivity (Wildman–Crippen MR) is 66.9 cm³/mol. The van der Waals surface area contributed by atoms with Crippen molar-refractivity contribution in [3.05, 3.63) is 0 Å². The summed E-state index contributed by atoms with van der Waals surface area (Å²) in [6.07, 6.45) is 0.555. The molecule has 0 bridgehead atoms. The third kappa shape index (κ3) is 17.4. The molecule has 0 aromatic rings. The number of hydrogen-bond donors (Lipinski definition) is 6. The zero-order valence-electron chi connectivity index (χ0n) is 6.88. The summed E-state index contributed by atoms with van der Waals surface area (Å²) in [4.78, 5) is 0. The number of rotatable bonds is 3. The fraction of sp³-hybridized carbons (Fsp3) is 1.00. The van der Waals surface area contributed by atoms with Gasteiger partial charge >= 0.3 is 0 Å². The van der Waals surface area contributed by atoms with Crippen LogP contribution >= 0.6 is 50.5 Å². The largest absolute Gasteiger partial charge is 0.395 e. The van der Waals surface area contributed by atoms with Crippen LogP contribution in [0.3, 0.4) is 0 Å². The van der Waals surface area contributed by atoms with Crippen LogP contribution in [0.5, 0.6) is 0 Å². The Morgan fingerprint density at radius 3 is 1.75 bits per heavy atom. The first-order valence-electron chi connectivity index (χ1n) is 3.44. The summed E-state index contributed by atoms with van der Waals surface area (Å²) >= 11 is 15.1. The molecule has 76 valence electrons. The summed E-state index contributed by atoms with van der Waals surface area (Å²) in [5.41, 5.74) is 0. The number of aliphatic hydroxyl groups is 2. The van der Waals surface area contributed by atoms with Crippen molar-refractivity contribution >= 4 is 50.5 Å². The second kappa shape index (κ2) is 8.90. The average Bonchev–Trinajstić information content (AvgIpc) is 2.03. The quantitative estimate of drug-likeness (QED) is 0.335. The van der Waals surface area contributed by atoms with Gasteiger partial charge in [-0.05, 0) is 6.42 Å². The Balaban J connectivity index is 0. The Morgan fingerprint density at radius 2 is 1.75 bits per heavy atom. The van der Waals surface area contributed by atoms with Crippen molar-refractivity contribution < 1.29 is 10.2 Å². The summed E-state index contributed by atoms with van der Waals surface area (Å²) in [6, 6.07) is 0. The van der Waals surface area contributed by atoms with Gasteiger partial charge in [-0.3, -0.25) is 0 Å². The van der Waals surface area contributed by atoms with Crippen LogP contribution in [0.4, 0.5) is 0 Å². The Kier molecular flexibility index (Phi) is 11.7. The highest BCUT2D eigenvalue weighted by atomic mass is 32.2. The lowest BCUT2D eigenvalue weighted by atomic mass is 10.5. The molecule has 1 atom stereocenters. The van der Waals surface area contributed by atoms with E-state index in [2.05, 4.69) is 50.5 Å². The molecule has 0 heterocycles. The molecule has 2 N–H and O–H groups in total. The Hall–Kier alpha value is 1.32. The lowest BCUT2D eigenvalue weighted by Crippen LogP contribution is -2.07. The molecule has 0 saturated carbocycles. The summed E-state index contributed by atoms with van der Waals surface area (Å²) in [5, 5.41) is 16.8. The van der Waals surface area contributed by atoms with Crippen LogP contribution in [0.25, 0.3) is 0 Å². The van der Waals surface area contributed by atoms with Crippen LogP contribution in [0, 0.1) is 0 Å². The van der Waals surface area contributed by atoms with Gasteiger partial charge in [-0.15, -0.1) is 25.3 Å². The van der Waals surface area contributed by atoms with Gasteiger partial charge in [0.25, 0.3) is 0 Å². The van der Waals surface area contributed by atoms with Gasteiger partial charge in [-0.25, -0.2) is 0 Å². The van der Waals surface area contributed by atoms with E-state index in [1.807, 2.05) is 0 Å². The van der Waals surface area contributed by atoms with Crippen molar-refractivity contribution in [2.75, 3.05) is 12.4 Å². The van der Waals surface area contributed by atoms with Gasteiger partial charge in [-0.2, -0.15) is 25.3 Å². The van der Waals surface area contributed by atoms with Crippen LogP contribution in [-0.4, -0.2) is 32.1 Å². The molecule has 0 aromatic heterocycles. The van der Waals surface area contributed by atoms with Crippen LogP contribution in [-0.2, 0) is 0 Å². The highest BCUT2D eigenvalue weighted by Crippen LogP contribution is 2.17. The maximum absolute atomic E-state index is 8.55. The van der Waals surface area contributed by atoms with Crippen molar-refractivity contribution in [3.8, 4) is 0 Å². The van der Waals surface area contributed by atoms with Crippen LogP contribution in [0.15, 0.2) is 0 Å². The normalized spacial score (nSPS) is 13.2. The van der Waals surface area contributed by atoms with Gasteiger partial charge in [-0.1, -0.05) is 6.92 Å². The molecule has 0 aliphatic heterocycles. The fourth-order valence-corrected chi connectivity index (χ4v) is 0.173. The van der Waals surface area contributed by atoms with Gasteiger partial charge in [0.05, 0.1) is 6.61 Å². The minimum absolute atomic E-state index is 0.0494. The van der Waals surface area contributed by atoms with E-state index in [-0.39, 0.29) is 11.9 Å². The first-order chi connectivity index (χ1) is 5.37. The lowest BCUT2D eigenvalue weighted by Gasteiger charge is -2.09. The summed E-state index contributed by atoms with van der Waals surface area (Å²) in [7, 11) is 0. The standard InChI is InChI=1S/2C3H8OS2/c4-1-3(6)2-5;1-2-3(4,5)6/h3-6H,1-2H2;4-6H,2H2,1H3. The van der Waals surface area contributed by atoms with Gasteiger partial charge in [0.15, 0.2) is 4.27 Å². The minimum Gasteiger partial charge on any atom is -0.395 e. The van der Waals surface area contributed by atoms with Crippen LogP contribution in [0.1, 0.15) is 13.3 Å². The molecular weight excluding hydrogens is 232 g/mol. The zero-order valence-corrected chi connectivity index (χ0v) is 10.5. The minimum atomic E-state index is -1.07. The van der Waals surface area contributed by atoms with E-state index >= 15 is 0 Å². The SMILES string of the molecule is CCC(O)(S)S.OCC(S)CS. The van der Waals surface area contributed by atoms with Crippen molar-refractivity contribution in [2.24, 2.45) is 0 Å². The van der Waals surface area contributed by atoms with Crippen molar-refractivity contribution in [3.63, 3.8) is 0 Å². The maximum atomic E-state index is 8.55. The second-order valence-electron chi connectivity index (χ2n) is 2.15. The van der Waals surface area contributed by atoms with Gasteiger partial charge in [0.1, 0.15) is 0 Å². The van der Waals surface area contributed by atoms with E-state index in [0.29, 0.717) is 12.2 Å². The van der Waals surface area contributed by atoms with Crippen molar-refractivity contribution in [1.29, 1.82) is 0 Å². The Morgan fingerprint density at radius 1 is 1.42 bits per heavy atom. The molecule has 12 heavy (non-hydrogen) atoms. The molecule has 1 unspecified atom stereocenters. The molecule has 0 aliphatic rings. The first kappa shape index (κ1) is 15.8. The van der Waals surface area contributed by atoms with Crippen LogP contribution in [0.2, 0.25) is 0 Å². The summed E-state index contributed by atoms with van der Waals surface area (Å²) in [5.74, 6) is 0.639. The molecule has 2 nitrogen and oxygen atoms in total. The molecular formula is C6H16O2S4. The molecule has 0 fully saturated rings. The summed E-state index contributed by atoms with van der Waals surface area (Å²) < 4.78 is -1.07. The molecule has 0 saturated heterocycles. The van der Waals surface area contributed by atoms with Gasteiger partial charge in [0.2, 0.25) is 0 Å². The Bertz CT molecular complexity index is 90.0. The molecule has 0 amide bonds. The fourth-order valence-electron chi connectivity index (χ4n) is 0.0577. The molecule has 0 spiro atoms. The average molecular weight is 248 g/mol.